The second kappa shape index (κ2) is 28.4. The van der Waals surface area contributed by atoms with Gasteiger partial charge in [0.1, 0.15) is 51.4 Å². The van der Waals surface area contributed by atoms with Gasteiger partial charge in [0.15, 0.2) is 0 Å². The molecule has 488 valence electrons. The van der Waals surface area contributed by atoms with Gasteiger partial charge in [0.05, 0.1) is 52.3 Å². The van der Waals surface area contributed by atoms with Crippen molar-refractivity contribution in [3.63, 3.8) is 0 Å². The van der Waals surface area contributed by atoms with Crippen molar-refractivity contribution in [3.05, 3.63) is 134 Å². The summed E-state index contributed by atoms with van der Waals surface area (Å²) in [6, 6.07) is 20.4. The third-order valence-electron chi connectivity index (χ3n) is 21.4. The number of phenols is 4. The Bertz CT molecular complexity index is 3280. The molecule has 0 radical (unpaired) electrons. The molecule has 0 atom stereocenters. The lowest BCUT2D eigenvalue weighted by molar-refractivity contribution is -0.124. The summed E-state index contributed by atoms with van der Waals surface area (Å²) in [4.78, 5) is 35.4. The molecule has 17 rings (SSSR count). The van der Waals surface area contributed by atoms with Gasteiger partial charge in [-0.3, -0.25) is 4.79 Å². The summed E-state index contributed by atoms with van der Waals surface area (Å²) in [5.41, 5.74) is 11.6. The second-order valence-corrected chi connectivity index (χ2v) is 27.6. The Morgan fingerprint density at radius 1 is 0.467 bits per heavy atom. The first-order chi connectivity index (χ1) is 42.6. The van der Waals surface area contributed by atoms with Crippen molar-refractivity contribution in [2.45, 2.75) is 165 Å². The van der Waals surface area contributed by atoms with E-state index in [1.54, 1.807) is 30.3 Å². The summed E-state index contributed by atoms with van der Waals surface area (Å²) in [5, 5.41) is 97.4. The number of ether oxygens (including phenoxy) is 3. The van der Waals surface area contributed by atoms with E-state index in [-0.39, 0.29) is 108 Å². The van der Waals surface area contributed by atoms with Crippen LogP contribution in [0, 0.1) is 53.3 Å². The number of carbonyl (C=O) groups excluding carboxylic acids is 1. The van der Waals surface area contributed by atoms with Crippen molar-refractivity contribution < 1.29 is 79.7 Å². The maximum atomic E-state index is 13.2. The molecule has 12 bridgehead atoms. The van der Waals surface area contributed by atoms with Gasteiger partial charge >= 0.3 is 11.9 Å². The monoisotopic (exact) mass is 1260 g/mol. The van der Waals surface area contributed by atoms with Gasteiger partial charge in [0.25, 0.3) is 5.91 Å². The Morgan fingerprint density at radius 2 is 0.833 bits per heavy atom. The summed E-state index contributed by atoms with van der Waals surface area (Å²) in [6.07, 6.45) is 22.5. The first kappa shape index (κ1) is 67.6. The lowest BCUT2D eigenvalue weighted by atomic mass is 9.47. The molecule has 1 amide bonds. The number of nitrogens with one attached hydrogen (secondary N) is 1. The first-order valence-electron chi connectivity index (χ1n) is 31.7. The molecular formula is C71H91ClN2O16. The molecule has 19 heteroatoms. The van der Waals surface area contributed by atoms with E-state index in [9.17, 15) is 45.0 Å². The largest absolute Gasteiger partial charge is 0.508 e. The van der Waals surface area contributed by atoms with Crippen LogP contribution in [-0.4, -0.2) is 95.8 Å². The zero-order valence-corrected chi connectivity index (χ0v) is 52.7. The van der Waals surface area contributed by atoms with E-state index in [1.165, 1.54) is 116 Å². The minimum absolute atomic E-state index is 0. The number of aliphatic hydroxyl groups excluding tert-OH is 3. The van der Waals surface area contributed by atoms with Crippen LogP contribution in [0.4, 0.5) is 0 Å². The van der Waals surface area contributed by atoms with E-state index in [0.29, 0.717) is 33.8 Å². The number of hydrogen-bond acceptors (Lipinski definition) is 15. The van der Waals surface area contributed by atoms with E-state index >= 15 is 0 Å². The fourth-order valence-electron chi connectivity index (χ4n) is 18.8. The van der Waals surface area contributed by atoms with Gasteiger partial charge in [-0.05, 0) is 262 Å². The number of carboxylic acid groups (broad SMARTS) is 2. The van der Waals surface area contributed by atoms with Crippen molar-refractivity contribution >= 4 is 30.3 Å². The van der Waals surface area contributed by atoms with Gasteiger partial charge < -0.3 is 76.3 Å². The lowest BCUT2D eigenvalue weighted by Gasteiger charge is -2.57. The molecule has 12 saturated carbocycles. The number of rotatable bonds is 14. The fraction of sp³-hybridized carbons (Fsp3) is 0.535. The van der Waals surface area contributed by atoms with Crippen LogP contribution in [0.25, 0.3) is 0 Å². The van der Waals surface area contributed by atoms with E-state index in [0.717, 1.165) is 133 Å². The van der Waals surface area contributed by atoms with Crippen LogP contribution >= 0.6 is 12.4 Å². The third-order valence-corrected chi connectivity index (χ3v) is 21.4. The van der Waals surface area contributed by atoms with Gasteiger partial charge in [-0.15, -0.1) is 12.4 Å². The highest BCUT2D eigenvalue weighted by molar-refractivity contribution is 5.97. The molecule has 18 nitrogen and oxygen atoms in total. The standard InChI is InChI=1S/C26H31NO5.C19H24O4.C10H16O.C9H10O4.C7H9NO2.ClH/c1-32-24-7-19(14-28)22(26-10-15-4-16(11-26)6-17(5-15)12-26)9-21(24)25(31)27-13-18-2-3-20(29)8-23(18)30;1-23-17-5-14(10-20)16(6-15(17)18(21)22)19-7-11-2-12(8-19)4-13(3-11)9-19;11-10-4-7-1-8(5-10)3-9(2-7)6-10;1-13-8-4-6(5-10)2-3-7(8)9(11)12;8-4-5-1-2-6(9)3-7(5)10;/h2-3,7-9,15-17,28-30H,4-6,10-14H2,1H3,(H,27,31);5-6,11-13,20H,2-4,7-10H2,1H3,(H,21,22);7-9,11H,1-6H2;2-4,10H,5H2,1H3,(H,11,12);1-3,9-10H,4,8H2;1H. The number of halogens is 1. The smallest absolute Gasteiger partial charge is 0.339 e. The molecule has 5 aromatic carbocycles. The van der Waals surface area contributed by atoms with Crippen LogP contribution in [-0.2, 0) is 43.7 Å². The quantitative estimate of drug-likeness (QED) is 0.0492. The van der Waals surface area contributed by atoms with Gasteiger partial charge in [-0.1, -0.05) is 12.1 Å². The molecular weight excluding hydrogens is 1170 g/mol. The maximum absolute atomic E-state index is 13.2. The molecule has 0 saturated heterocycles. The SMILES string of the molecule is COc1cc(CO)c(C23CC4CC(CC(C4)C2)C3)cc1C(=O)NCc1ccc(O)cc1O.COc1cc(CO)c(C23CC4CC(CC(C4)C2)C3)cc1C(=O)O.COc1cc(CO)ccc1C(=O)O.Cl.NCc1ccc(O)cc1O.OC12CC3CC(CC(C3)C1)C2. The molecule has 12 aliphatic rings. The Labute approximate surface area is 532 Å². The molecule has 0 aromatic heterocycles. The van der Waals surface area contributed by atoms with Crippen LogP contribution in [0.15, 0.2) is 78.9 Å². The van der Waals surface area contributed by atoms with E-state index in [2.05, 4.69) is 5.32 Å². The number of carbonyl (C=O) groups is 3. The molecule has 5 aromatic rings. The Balaban J connectivity index is 0.000000144. The predicted molar refractivity (Wildman–Crippen MR) is 339 cm³/mol. The number of benzene rings is 5. The minimum atomic E-state index is -1.04. The van der Waals surface area contributed by atoms with E-state index in [1.807, 2.05) is 12.1 Å². The highest BCUT2D eigenvalue weighted by atomic mass is 35.5. The zero-order chi connectivity index (χ0) is 63.5. The molecule has 90 heavy (non-hydrogen) atoms. The normalized spacial score (nSPS) is 28.6. The van der Waals surface area contributed by atoms with Gasteiger partial charge in [-0.25, -0.2) is 9.59 Å². The summed E-state index contributed by atoms with van der Waals surface area (Å²) >= 11 is 0. The number of aliphatic hydroxyl groups is 4. The average Bonchev–Trinajstić information content (AvgIpc) is 0.739. The Hall–Kier alpha value is -6.80. The van der Waals surface area contributed by atoms with Crippen LogP contribution in [0.2, 0.25) is 0 Å². The molecule has 12 fully saturated rings. The van der Waals surface area contributed by atoms with Crippen LogP contribution in [0.5, 0.6) is 40.2 Å². The summed E-state index contributed by atoms with van der Waals surface area (Å²) in [7, 11) is 4.40. The Kier molecular flexibility index (Phi) is 21.3. The zero-order valence-electron chi connectivity index (χ0n) is 51.9. The topological polar surface area (TPSA) is 319 Å². The van der Waals surface area contributed by atoms with Crippen molar-refractivity contribution in [2.24, 2.45) is 59.0 Å². The average molecular weight is 1260 g/mol. The summed E-state index contributed by atoms with van der Waals surface area (Å²) < 4.78 is 15.6. The van der Waals surface area contributed by atoms with Crippen LogP contribution in [0.3, 0.4) is 0 Å². The number of carboxylic acids is 2. The number of nitrogens with two attached hydrogens (primary N) is 1. The number of amides is 1. The fourth-order valence-corrected chi connectivity index (χ4v) is 18.8. The summed E-state index contributed by atoms with van der Waals surface area (Å²) in [5.74, 6) is 6.04. The van der Waals surface area contributed by atoms with E-state index in [4.69, 9.17) is 40.4 Å². The number of methoxy groups -OCH3 is 3. The van der Waals surface area contributed by atoms with E-state index < -0.39 is 11.9 Å². The van der Waals surface area contributed by atoms with Crippen molar-refractivity contribution in [1.29, 1.82) is 0 Å². The molecule has 13 N–H and O–H groups in total. The van der Waals surface area contributed by atoms with Crippen molar-refractivity contribution in [2.75, 3.05) is 21.3 Å². The molecule has 0 unspecified atom stereocenters. The molecule has 12 aliphatic carbocycles. The van der Waals surface area contributed by atoms with Gasteiger partial charge in [-0.2, -0.15) is 0 Å². The second-order valence-electron chi connectivity index (χ2n) is 27.6. The molecule has 0 aliphatic heterocycles. The number of hydrogen-bond donors (Lipinski definition) is 12. The molecule has 0 heterocycles. The number of aromatic carboxylic acids is 2. The summed E-state index contributed by atoms with van der Waals surface area (Å²) in [6.45, 7) is 0.148. The lowest BCUT2D eigenvalue weighted by Crippen LogP contribution is -2.50. The predicted octanol–water partition coefficient (Wildman–Crippen LogP) is 11.2. The highest BCUT2D eigenvalue weighted by Gasteiger charge is 2.54. The molecule has 0 spiro atoms. The van der Waals surface area contributed by atoms with Crippen LogP contribution in [0.1, 0.15) is 186 Å². The highest BCUT2D eigenvalue weighted by Crippen LogP contribution is 2.63. The minimum Gasteiger partial charge on any atom is -0.508 e. The third kappa shape index (κ3) is 14.7. The first-order valence-corrected chi connectivity index (χ1v) is 31.7. The van der Waals surface area contributed by atoms with Gasteiger partial charge in [0.2, 0.25) is 0 Å². The number of phenolic OH excluding ortho intramolecular Hbond substituents is 4. The van der Waals surface area contributed by atoms with Crippen molar-refractivity contribution in [3.8, 4) is 40.2 Å². The van der Waals surface area contributed by atoms with Crippen molar-refractivity contribution in [1.82, 2.24) is 5.32 Å². The Morgan fingerprint density at radius 3 is 1.18 bits per heavy atom. The number of aromatic hydroxyl groups is 4. The van der Waals surface area contributed by atoms with Gasteiger partial charge in [0, 0.05) is 36.3 Å². The maximum Gasteiger partial charge on any atom is 0.339 e. The van der Waals surface area contributed by atoms with Crippen LogP contribution < -0.4 is 25.3 Å².